The maximum atomic E-state index is 13.5. The van der Waals surface area contributed by atoms with Crippen LogP contribution in [0.25, 0.3) is 0 Å². The van der Waals surface area contributed by atoms with Crippen molar-refractivity contribution in [3.05, 3.63) is 22.1 Å². The second-order valence-electron chi connectivity index (χ2n) is 2.84. The Morgan fingerprint density at radius 3 is 2.13 bits per heavy atom. The number of hydrogen-bond donors (Lipinski definition) is 0. The molecule has 0 radical (unpaired) electrons. The highest BCUT2D eigenvalue weighted by atomic mass is 79.9. The van der Waals surface area contributed by atoms with E-state index in [0.29, 0.717) is 13.1 Å². The molecule has 1 aromatic rings. The van der Waals surface area contributed by atoms with Gasteiger partial charge >= 0.3 is 0 Å². The van der Waals surface area contributed by atoms with Crippen LogP contribution in [-0.4, -0.2) is 18.1 Å². The maximum Gasteiger partial charge on any atom is 0.252 e. The molecular weight excluding hydrogens is 273 g/mol. The summed E-state index contributed by atoms with van der Waals surface area (Å²) in [5.41, 5.74) is 0. The highest BCUT2D eigenvalue weighted by Crippen LogP contribution is 2.27. The molecule has 0 aliphatic heterocycles. The maximum absolute atomic E-state index is 13.5. The third-order valence-electron chi connectivity index (χ3n) is 2.03. The van der Waals surface area contributed by atoms with Crippen LogP contribution in [0.15, 0.2) is 4.47 Å². The molecule has 0 amide bonds. The monoisotopic (exact) mass is 282 g/mol. The fraction of sp³-hybridized carbons (Fsp3) is 0.444. The van der Waals surface area contributed by atoms with Crippen LogP contribution in [0.1, 0.15) is 13.8 Å². The van der Waals surface area contributed by atoms with Crippen LogP contribution >= 0.6 is 15.9 Å². The Labute approximate surface area is 94.2 Å². The van der Waals surface area contributed by atoms with Gasteiger partial charge < -0.3 is 4.90 Å². The summed E-state index contributed by atoms with van der Waals surface area (Å²) in [6.07, 6.45) is 0. The minimum absolute atomic E-state index is 0.175. The van der Waals surface area contributed by atoms with Gasteiger partial charge in [-0.15, -0.1) is 0 Å². The minimum atomic E-state index is -1.30. The first-order valence-corrected chi connectivity index (χ1v) is 5.27. The molecule has 1 aromatic heterocycles. The zero-order chi connectivity index (χ0) is 11.6. The first kappa shape index (κ1) is 12.3. The smallest absolute Gasteiger partial charge is 0.252 e. The lowest BCUT2D eigenvalue weighted by Gasteiger charge is -2.20. The molecule has 2 nitrogen and oxygen atoms in total. The van der Waals surface area contributed by atoms with Gasteiger partial charge in [-0.1, -0.05) is 0 Å². The van der Waals surface area contributed by atoms with Crippen LogP contribution in [0.5, 0.6) is 0 Å². The first-order chi connectivity index (χ1) is 7.02. The standard InChI is InChI=1S/C9H10BrF3N2/c1-3-15(4-2)9-7(12)5(10)6(11)8(13)14-9/h3-4H2,1-2H3. The van der Waals surface area contributed by atoms with Gasteiger partial charge in [0.2, 0.25) is 0 Å². The molecule has 84 valence electrons. The van der Waals surface area contributed by atoms with Crippen molar-refractivity contribution in [3.63, 3.8) is 0 Å². The van der Waals surface area contributed by atoms with Gasteiger partial charge in [-0.25, -0.2) is 8.78 Å². The zero-order valence-electron chi connectivity index (χ0n) is 8.32. The fourth-order valence-electron chi connectivity index (χ4n) is 1.21. The molecule has 1 rings (SSSR count). The van der Waals surface area contributed by atoms with Crippen molar-refractivity contribution in [2.24, 2.45) is 0 Å². The van der Waals surface area contributed by atoms with E-state index in [4.69, 9.17) is 0 Å². The Morgan fingerprint density at radius 2 is 1.67 bits per heavy atom. The van der Waals surface area contributed by atoms with E-state index in [9.17, 15) is 13.2 Å². The molecule has 15 heavy (non-hydrogen) atoms. The van der Waals surface area contributed by atoms with Crippen LogP contribution in [0.3, 0.4) is 0 Å². The second kappa shape index (κ2) is 4.83. The van der Waals surface area contributed by atoms with Gasteiger partial charge in [0.05, 0.1) is 4.47 Å². The summed E-state index contributed by atoms with van der Waals surface area (Å²) < 4.78 is 38.8. The van der Waals surface area contributed by atoms with E-state index in [0.717, 1.165) is 0 Å². The van der Waals surface area contributed by atoms with Gasteiger partial charge in [0.25, 0.3) is 5.95 Å². The number of aromatic nitrogens is 1. The van der Waals surface area contributed by atoms with E-state index in [2.05, 4.69) is 20.9 Å². The largest absolute Gasteiger partial charge is 0.355 e. The molecule has 0 unspecified atom stereocenters. The van der Waals surface area contributed by atoms with Crippen molar-refractivity contribution >= 4 is 21.7 Å². The molecule has 0 atom stereocenters. The van der Waals surface area contributed by atoms with E-state index >= 15 is 0 Å². The normalized spacial score (nSPS) is 10.5. The molecule has 0 aromatic carbocycles. The molecule has 0 aliphatic carbocycles. The molecule has 6 heteroatoms. The predicted molar refractivity (Wildman–Crippen MR) is 55.4 cm³/mol. The summed E-state index contributed by atoms with van der Waals surface area (Å²) in [7, 11) is 0. The molecule has 0 fully saturated rings. The van der Waals surface area contributed by atoms with Crippen molar-refractivity contribution in [2.45, 2.75) is 13.8 Å². The molecule has 0 aliphatic rings. The molecule has 1 heterocycles. The van der Waals surface area contributed by atoms with Gasteiger partial charge in [-0.3, -0.25) is 0 Å². The highest BCUT2D eigenvalue weighted by Gasteiger charge is 2.21. The SMILES string of the molecule is CCN(CC)c1nc(F)c(F)c(Br)c1F. The van der Waals surface area contributed by atoms with Crippen LogP contribution in [-0.2, 0) is 0 Å². The third-order valence-corrected chi connectivity index (χ3v) is 2.73. The van der Waals surface area contributed by atoms with E-state index in [1.54, 1.807) is 13.8 Å². The van der Waals surface area contributed by atoms with Crippen LogP contribution in [0.4, 0.5) is 19.0 Å². The lowest BCUT2D eigenvalue weighted by molar-refractivity contribution is 0.457. The van der Waals surface area contributed by atoms with Crippen LogP contribution < -0.4 is 4.90 Å². The van der Waals surface area contributed by atoms with E-state index in [-0.39, 0.29) is 5.82 Å². The Kier molecular flexibility index (Phi) is 3.96. The predicted octanol–water partition coefficient (Wildman–Crippen LogP) is 3.11. The van der Waals surface area contributed by atoms with Gasteiger partial charge in [0, 0.05) is 13.1 Å². The molecule has 0 saturated carbocycles. The summed E-state index contributed by atoms with van der Waals surface area (Å²) in [5.74, 6) is -3.66. The Balaban J connectivity index is 3.31. The summed E-state index contributed by atoms with van der Waals surface area (Å²) in [6.45, 7) is 4.50. The lowest BCUT2D eigenvalue weighted by atomic mass is 10.3. The minimum Gasteiger partial charge on any atom is -0.355 e. The number of rotatable bonds is 3. The second-order valence-corrected chi connectivity index (χ2v) is 3.63. The summed E-state index contributed by atoms with van der Waals surface area (Å²) in [6, 6.07) is 0. The van der Waals surface area contributed by atoms with Gasteiger partial charge in [-0.05, 0) is 29.8 Å². The fourth-order valence-corrected chi connectivity index (χ4v) is 1.55. The average Bonchev–Trinajstić information content (AvgIpc) is 2.24. The Morgan fingerprint density at radius 1 is 1.13 bits per heavy atom. The molecular formula is C9H10BrF3N2. The van der Waals surface area contributed by atoms with E-state index in [1.807, 2.05) is 0 Å². The molecule has 0 saturated heterocycles. The summed E-state index contributed by atoms with van der Waals surface area (Å²) >= 11 is 2.65. The van der Waals surface area contributed by atoms with Gasteiger partial charge in [-0.2, -0.15) is 9.37 Å². The average molecular weight is 283 g/mol. The number of pyridine rings is 1. The third kappa shape index (κ3) is 2.25. The van der Waals surface area contributed by atoms with Crippen LogP contribution in [0, 0.1) is 17.6 Å². The number of nitrogens with zero attached hydrogens (tertiary/aromatic N) is 2. The van der Waals surface area contributed by atoms with E-state index in [1.165, 1.54) is 4.90 Å². The molecule has 0 spiro atoms. The summed E-state index contributed by atoms with van der Waals surface area (Å²) in [4.78, 5) is 4.76. The van der Waals surface area contributed by atoms with Crippen molar-refractivity contribution in [2.75, 3.05) is 18.0 Å². The van der Waals surface area contributed by atoms with Crippen molar-refractivity contribution in [3.8, 4) is 0 Å². The van der Waals surface area contributed by atoms with E-state index < -0.39 is 22.1 Å². The van der Waals surface area contributed by atoms with Crippen molar-refractivity contribution in [1.82, 2.24) is 4.98 Å². The summed E-state index contributed by atoms with van der Waals surface area (Å²) in [5, 5.41) is 0. The topological polar surface area (TPSA) is 16.1 Å². The first-order valence-electron chi connectivity index (χ1n) is 4.47. The van der Waals surface area contributed by atoms with Gasteiger partial charge in [0.1, 0.15) is 0 Å². The highest BCUT2D eigenvalue weighted by molar-refractivity contribution is 9.10. The van der Waals surface area contributed by atoms with Crippen molar-refractivity contribution in [1.29, 1.82) is 0 Å². The number of hydrogen-bond acceptors (Lipinski definition) is 2. The Hall–Kier alpha value is -0.780. The molecule has 0 bridgehead atoms. The zero-order valence-corrected chi connectivity index (χ0v) is 9.91. The number of halogens is 4. The quantitative estimate of drug-likeness (QED) is 0.792. The van der Waals surface area contributed by atoms with Crippen molar-refractivity contribution < 1.29 is 13.2 Å². The van der Waals surface area contributed by atoms with Crippen LogP contribution in [0.2, 0.25) is 0 Å². The molecule has 0 N–H and O–H groups in total. The Bertz CT molecular complexity index is 367. The lowest BCUT2D eigenvalue weighted by Crippen LogP contribution is -2.25. The number of anilines is 1. The van der Waals surface area contributed by atoms with Gasteiger partial charge in [0.15, 0.2) is 17.5 Å².